The van der Waals surface area contributed by atoms with Gasteiger partial charge in [0.05, 0.1) is 12.8 Å². The van der Waals surface area contributed by atoms with Crippen LogP contribution in [0, 0.1) is 12.3 Å². The second-order valence-corrected chi connectivity index (χ2v) is 9.15. The van der Waals surface area contributed by atoms with Gasteiger partial charge in [-0.05, 0) is 30.4 Å². The first-order valence-electron chi connectivity index (χ1n) is 10.9. The fraction of sp³-hybridized carbons (Fsp3) is 0.478. The maximum Gasteiger partial charge on any atom is 0.314 e. The van der Waals surface area contributed by atoms with E-state index in [0.717, 1.165) is 11.3 Å². The van der Waals surface area contributed by atoms with Gasteiger partial charge in [-0.15, -0.1) is 0 Å². The van der Waals surface area contributed by atoms with Crippen molar-refractivity contribution in [3.63, 3.8) is 0 Å². The molecule has 0 radical (unpaired) electrons. The summed E-state index contributed by atoms with van der Waals surface area (Å²) in [6.45, 7) is 8.19. The molecule has 1 aliphatic heterocycles. The molecule has 2 aromatic rings. The molecule has 10 nitrogen and oxygen atoms in total. The lowest BCUT2D eigenvalue weighted by Crippen LogP contribution is -2.57. The minimum absolute atomic E-state index is 0.0809. The molecule has 1 aliphatic rings. The number of ether oxygens (including phenoxy) is 1. The van der Waals surface area contributed by atoms with E-state index in [2.05, 4.69) is 26.4 Å². The number of anilines is 1. The van der Waals surface area contributed by atoms with Crippen molar-refractivity contribution in [1.82, 2.24) is 25.7 Å². The van der Waals surface area contributed by atoms with Crippen LogP contribution in [0.4, 0.5) is 5.82 Å². The lowest BCUT2D eigenvalue weighted by molar-refractivity contribution is -0.136. The molecule has 10 heteroatoms. The van der Waals surface area contributed by atoms with Gasteiger partial charge in [-0.1, -0.05) is 39.0 Å². The number of methoxy groups -OCH3 is 1. The summed E-state index contributed by atoms with van der Waals surface area (Å²) in [4.78, 5) is 37.1. The summed E-state index contributed by atoms with van der Waals surface area (Å²) in [6, 6.07) is 9.07. The summed E-state index contributed by atoms with van der Waals surface area (Å²) in [7, 11) is 1.59. The first-order valence-corrected chi connectivity index (χ1v) is 10.9. The summed E-state index contributed by atoms with van der Waals surface area (Å²) >= 11 is 0. The van der Waals surface area contributed by atoms with Crippen molar-refractivity contribution < 1.29 is 19.1 Å². The van der Waals surface area contributed by atoms with Crippen LogP contribution in [0.5, 0.6) is 5.75 Å². The number of aromatic nitrogens is 2. The van der Waals surface area contributed by atoms with Gasteiger partial charge in [0.1, 0.15) is 11.6 Å². The molecule has 1 aromatic heterocycles. The Morgan fingerprint density at radius 2 is 1.97 bits per heavy atom. The topological polar surface area (TPSA) is 126 Å². The third-order valence-electron chi connectivity index (χ3n) is 5.51. The molecule has 0 saturated carbocycles. The van der Waals surface area contributed by atoms with Crippen LogP contribution in [0.3, 0.4) is 0 Å². The zero-order chi connectivity index (χ0) is 24.2. The maximum atomic E-state index is 12.5. The molecule has 2 unspecified atom stereocenters. The third kappa shape index (κ3) is 6.10. The average Bonchev–Trinajstić information content (AvgIpc) is 3.12. The molecule has 33 heavy (non-hydrogen) atoms. The van der Waals surface area contributed by atoms with Crippen LogP contribution in [0.1, 0.15) is 44.7 Å². The smallest absolute Gasteiger partial charge is 0.314 e. The molecule has 3 rings (SSSR count). The van der Waals surface area contributed by atoms with Crippen LogP contribution < -0.4 is 26.0 Å². The van der Waals surface area contributed by atoms with Gasteiger partial charge in [-0.2, -0.15) is 5.10 Å². The van der Waals surface area contributed by atoms with Crippen LogP contribution >= 0.6 is 0 Å². The summed E-state index contributed by atoms with van der Waals surface area (Å²) in [5.41, 5.74) is 1.42. The number of rotatable bonds is 6. The van der Waals surface area contributed by atoms with Crippen molar-refractivity contribution in [2.45, 2.75) is 52.9 Å². The minimum atomic E-state index is -0.814. The number of para-hydroxylation sites is 1. The fourth-order valence-electron chi connectivity index (χ4n) is 3.66. The monoisotopic (exact) mass is 456 g/mol. The predicted molar refractivity (Wildman–Crippen MR) is 123 cm³/mol. The molecule has 1 fully saturated rings. The Bertz CT molecular complexity index is 1030. The highest BCUT2D eigenvalue weighted by Gasteiger charge is 2.35. The van der Waals surface area contributed by atoms with Crippen molar-refractivity contribution in [3.05, 3.63) is 41.6 Å². The molecule has 2 atom stereocenters. The molecule has 3 amide bonds. The number of nitrogens with zero attached hydrogens (tertiary/aromatic N) is 2. The molecule has 0 spiro atoms. The number of aryl methyl sites for hydroxylation is 1. The SMILES string of the molecule is COc1ccccc1CCNC(=O)C(=O)Nc1cc(C)nn1C1NC(=O)CC(C(C)(C)C)N1. The maximum absolute atomic E-state index is 12.5. The largest absolute Gasteiger partial charge is 0.496 e. The number of carbonyl (C=O) groups is 3. The van der Waals surface area contributed by atoms with Gasteiger partial charge in [0.2, 0.25) is 5.91 Å². The van der Waals surface area contributed by atoms with Crippen LogP contribution in [-0.4, -0.2) is 47.2 Å². The Morgan fingerprint density at radius 1 is 1.24 bits per heavy atom. The molecule has 178 valence electrons. The summed E-state index contributed by atoms with van der Waals surface area (Å²) in [5.74, 6) is -0.650. The van der Waals surface area contributed by atoms with Crippen LogP contribution in [-0.2, 0) is 20.8 Å². The zero-order valence-corrected chi connectivity index (χ0v) is 19.7. The number of nitrogens with one attached hydrogen (secondary N) is 4. The number of benzene rings is 1. The Hall–Kier alpha value is -3.40. The Morgan fingerprint density at radius 3 is 2.67 bits per heavy atom. The van der Waals surface area contributed by atoms with E-state index < -0.39 is 18.1 Å². The molecular formula is C23H32N6O4. The van der Waals surface area contributed by atoms with E-state index in [4.69, 9.17) is 4.74 Å². The van der Waals surface area contributed by atoms with Gasteiger partial charge in [0.15, 0.2) is 6.29 Å². The normalized spacial score (nSPS) is 18.4. The van der Waals surface area contributed by atoms with Gasteiger partial charge < -0.3 is 20.7 Å². The quantitative estimate of drug-likeness (QED) is 0.488. The van der Waals surface area contributed by atoms with Crippen molar-refractivity contribution in [1.29, 1.82) is 0 Å². The molecular weight excluding hydrogens is 424 g/mol. The lowest BCUT2D eigenvalue weighted by atomic mass is 9.84. The van der Waals surface area contributed by atoms with E-state index in [0.29, 0.717) is 24.4 Å². The summed E-state index contributed by atoms with van der Waals surface area (Å²) in [6.07, 6.45) is 0.219. The van der Waals surface area contributed by atoms with Gasteiger partial charge in [-0.3, -0.25) is 19.7 Å². The third-order valence-corrected chi connectivity index (χ3v) is 5.51. The molecule has 1 aromatic carbocycles. The van der Waals surface area contributed by atoms with Gasteiger partial charge in [0.25, 0.3) is 0 Å². The van der Waals surface area contributed by atoms with Gasteiger partial charge >= 0.3 is 11.8 Å². The average molecular weight is 457 g/mol. The lowest BCUT2D eigenvalue weighted by Gasteiger charge is -2.39. The van der Waals surface area contributed by atoms with Crippen LogP contribution in [0.15, 0.2) is 30.3 Å². The van der Waals surface area contributed by atoms with Crippen LogP contribution in [0.25, 0.3) is 0 Å². The van der Waals surface area contributed by atoms with E-state index >= 15 is 0 Å². The second kappa shape index (κ2) is 10.0. The Kier molecular flexibility index (Phi) is 7.37. The molecule has 2 heterocycles. The van der Waals surface area contributed by atoms with Crippen molar-refractivity contribution >= 4 is 23.5 Å². The highest BCUT2D eigenvalue weighted by Crippen LogP contribution is 2.27. The van der Waals surface area contributed by atoms with E-state index in [1.807, 2.05) is 45.0 Å². The number of hydrogen-bond donors (Lipinski definition) is 4. The summed E-state index contributed by atoms with van der Waals surface area (Å²) < 4.78 is 6.78. The first kappa shape index (κ1) is 24.2. The minimum Gasteiger partial charge on any atom is -0.496 e. The number of hydrogen-bond acceptors (Lipinski definition) is 6. The fourth-order valence-corrected chi connectivity index (χ4v) is 3.66. The highest BCUT2D eigenvalue weighted by atomic mass is 16.5. The standard InChI is InChI=1S/C23H32N6O4/c1-14-12-18(29(28-14)22-25-17(23(2,3)4)13-19(30)27-22)26-21(32)20(31)24-11-10-15-8-6-7-9-16(15)33-5/h6-9,12,17,22,25H,10-11,13H2,1-5H3,(H,24,31)(H,26,32)(H,27,30). The van der Waals surface area contributed by atoms with Crippen molar-refractivity contribution in [2.75, 3.05) is 19.0 Å². The Balaban J connectivity index is 1.63. The van der Waals surface area contributed by atoms with Crippen molar-refractivity contribution in [3.8, 4) is 5.75 Å². The highest BCUT2D eigenvalue weighted by molar-refractivity contribution is 6.39. The molecule has 0 bridgehead atoms. The Labute approximate surface area is 193 Å². The van der Waals surface area contributed by atoms with Gasteiger partial charge in [0, 0.05) is 25.1 Å². The predicted octanol–water partition coefficient (Wildman–Crippen LogP) is 1.48. The van der Waals surface area contributed by atoms with Gasteiger partial charge in [-0.25, -0.2) is 4.68 Å². The van der Waals surface area contributed by atoms with Crippen molar-refractivity contribution in [2.24, 2.45) is 5.41 Å². The molecule has 1 saturated heterocycles. The van der Waals surface area contributed by atoms with E-state index in [1.165, 1.54) is 4.68 Å². The molecule has 0 aliphatic carbocycles. The first-order chi connectivity index (χ1) is 15.6. The van der Waals surface area contributed by atoms with Crippen LogP contribution in [0.2, 0.25) is 0 Å². The van der Waals surface area contributed by atoms with E-state index in [9.17, 15) is 14.4 Å². The number of amides is 3. The second-order valence-electron chi connectivity index (χ2n) is 9.15. The zero-order valence-electron chi connectivity index (χ0n) is 19.7. The molecule has 4 N–H and O–H groups in total. The summed E-state index contributed by atoms with van der Waals surface area (Å²) in [5, 5.41) is 15.8. The number of carbonyl (C=O) groups excluding carboxylic acids is 3. The van der Waals surface area contributed by atoms with E-state index in [1.54, 1.807) is 20.1 Å². The van der Waals surface area contributed by atoms with E-state index in [-0.39, 0.29) is 23.9 Å².